The molecule has 2 aliphatic heterocycles. The maximum atomic E-state index is 6.47. The van der Waals surface area contributed by atoms with Gasteiger partial charge in [-0.1, -0.05) is 27.7 Å². The summed E-state index contributed by atoms with van der Waals surface area (Å²) in [5, 5.41) is 0. The summed E-state index contributed by atoms with van der Waals surface area (Å²) in [6, 6.07) is 0. The van der Waals surface area contributed by atoms with Crippen LogP contribution in [0.25, 0.3) is 0 Å². The molecule has 0 aromatic carbocycles. The summed E-state index contributed by atoms with van der Waals surface area (Å²) in [4.78, 5) is 0. The Morgan fingerprint density at radius 2 is 1.68 bits per heavy atom. The molecule has 7 unspecified atom stereocenters. The highest BCUT2D eigenvalue weighted by atomic mass is 16.6. The van der Waals surface area contributed by atoms with Crippen LogP contribution in [0.1, 0.15) is 67.2 Å². The largest absolute Gasteiger partial charge is 0.375 e. The van der Waals surface area contributed by atoms with Crippen molar-refractivity contribution >= 4 is 0 Å². The van der Waals surface area contributed by atoms with Gasteiger partial charge in [-0.2, -0.15) is 0 Å². The minimum Gasteiger partial charge on any atom is -0.375 e. The normalized spacial score (nSPS) is 58.6. The van der Waals surface area contributed by atoms with Crippen LogP contribution < -0.4 is 0 Å². The van der Waals surface area contributed by atoms with Crippen molar-refractivity contribution in [1.82, 2.24) is 0 Å². The van der Waals surface area contributed by atoms with E-state index in [-0.39, 0.29) is 22.7 Å². The molecule has 2 saturated heterocycles. The zero-order chi connectivity index (χ0) is 16.0. The molecular weight excluding hydrogens is 276 g/mol. The van der Waals surface area contributed by atoms with Gasteiger partial charge in [0.25, 0.3) is 0 Å². The minimum atomic E-state index is 0.0731. The molecule has 0 N–H and O–H groups in total. The average Bonchev–Trinajstić information content (AvgIpc) is 3.20. The van der Waals surface area contributed by atoms with E-state index in [0.717, 1.165) is 25.9 Å². The molecule has 2 heterocycles. The molecule has 2 aliphatic carbocycles. The van der Waals surface area contributed by atoms with E-state index in [1.807, 2.05) is 0 Å². The third-order valence-corrected chi connectivity index (χ3v) is 7.08. The zero-order valence-electron chi connectivity index (χ0n) is 15.1. The fraction of sp³-hybridized carbons (Fsp3) is 1.00. The van der Waals surface area contributed by atoms with Gasteiger partial charge in [0.2, 0.25) is 0 Å². The number of rotatable bonds is 3. The predicted molar refractivity (Wildman–Crippen MR) is 85.8 cm³/mol. The molecular formula is C19H32O3. The highest BCUT2D eigenvalue weighted by molar-refractivity contribution is 5.12. The summed E-state index contributed by atoms with van der Waals surface area (Å²) >= 11 is 0. The third-order valence-electron chi connectivity index (χ3n) is 7.08. The molecule has 3 nitrogen and oxygen atoms in total. The van der Waals surface area contributed by atoms with Crippen LogP contribution in [0.4, 0.5) is 0 Å². The lowest BCUT2D eigenvalue weighted by Gasteiger charge is -2.42. The predicted octanol–water partition coefficient (Wildman–Crippen LogP) is 3.94. The second-order valence-corrected chi connectivity index (χ2v) is 10.1. The summed E-state index contributed by atoms with van der Waals surface area (Å²) in [6.07, 6.45) is 5.65. The number of hydrogen-bond acceptors (Lipinski definition) is 3. The van der Waals surface area contributed by atoms with Crippen LogP contribution in [0.2, 0.25) is 0 Å². The molecule has 0 aromatic rings. The lowest BCUT2D eigenvalue weighted by atomic mass is 9.65. The number of epoxide rings is 2. The molecule has 4 fully saturated rings. The van der Waals surface area contributed by atoms with Gasteiger partial charge < -0.3 is 14.2 Å². The van der Waals surface area contributed by atoms with E-state index in [1.54, 1.807) is 0 Å². The number of hydrogen-bond donors (Lipinski definition) is 0. The summed E-state index contributed by atoms with van der Waals surface area (Å²) in [6.45, 7) is 14.8. The third kappa shape index (κ3) is 2.35. The maximum absolute atomic E-state index is 6.47. The van der Waals surface area contributed by atoms with Crippen molar-refractivity contribution in [3.63, 3.8) is 0 Å². The first-order valence-electron chi connectivity index (χ1n) is 9.03. The first-order chi connectivity index (χ1) is 10.1. The average molecular weight is 308 g/mol. The summed E-state index contributed by atoms with van der Waals surface area (Å²) in [5.41, 5.74) is 0.810. The van der Waals surface area contributed by atoms with E-state index in [1.165, 1.54) is 6.42 Å². The van der Waals surface area contributed by atoms with E-state index in [4.69, 9.17) is 14.2 Å². The number of ether oxygens (including phenoxy) is 3. The van der Waals surface area contributed by atoms with Crippen LogP contribution in [0, 0.1) is 16.7 Å². The van der Waals surface area contributed by atoms with Gasteiger partial charge in [-0.15, -0.1) is 0 Å². The van der Waals surface area contributed by atoms with Crippen LogP contribution in [-0.2, 0) is 14.2 Å². The zero-order valence-corrected chi connectivity index (χ0v) is 15.1. The van der Waals surface area contributed by atoms with E-state index < -0.39 is 0 Å². The Morgan fingerprint density at radius 3 is 2.41 bits per heavy atom. The smallest absolute Gasteiger partial charge is 0.113 e. The summed E-state index contributed by atoms with van der Waals surface area (Å²) in [5.74, 6) is 0.652. The van der Waals surface area contributed by atoms with Crippen molar-refractivity contribution in [3.8, 4) is 0 Å². The van der Waals surface area contributed by atoms with Crippen molar-refractivity contribution in [3.05, 3.63) is 0 Å². The second-order valence-electron chi connectivity index (χ2n) is 10.1. The Hall–Kier alpha value is -0.120. The van der Waals surface area contributed by atoms with Gasteiger partial charge in [0.05, 0.1) is 30.0 Å². The Morgan fingerprint density at radius 1 is 0.955 bits per heavy atom. The Labute approximate surface area is 135 Å². The van der Waals surface area contributed by atoms with E-state index in [9.17, 15) is 0 Å². The summed E-state index contributed by atoms with van der Waals surface area (Å²) < 4.78 is 18.4. The molecule has 0 bridgehead atoms. The van der Waals surface area contributed by atoms with Gasteiger partial charge in [-0.25, -0.2) is 0 Å². The fourth-order valence-corrected chi connectivity index (χ4v) is 5.39. The lowest BCUT2D eigenvalue weighted by molar-refractivity contribution is -0.0659. The summed E-state index contributed by atoms with van der Waals surface area (Å²) in [7, 11) is 0. The molecule has 0 radical (unpaired) electrons. The Kier molecular flexibility index (Phi) is 3.00. The molecule has 3 heteroatoms. The first-order valence-corrected chi connectivity index (χ1v) is 9.03. The topological polar surface area (TPSA) is 34.3 Å². The van der Waals surface area contributed by atoms with Crippen molar-refractivity contribution < 1.29 is 14.2 Å². The molecule has 0 amide bonds. The first kappa shape index (κ1) is 15.4. The highest BCUT2D eigenvalue weighted by Crippen LogP contribution is 2.58. The molecule has 7 atom stereocenters. The minimum absolute atomic E-state index is 0.0731. The monoisotopic (exact) mass is 308 g/mol. The quantitative estimate of drug-likeness (QED) is 0.741. The fourth-order valence-electron chi connectivity index (χ4n) is 5.39. The van der Waals surface area contributed by atoms with Crippen LogP contribution in [0.15, 0.2) is 0 Å². The van der Waals surface area contributed by atoms with Crippen molar-refractivity contribution in [2.45, 2.75) is 96.7 Å². The van der Waals surface area contributed by atoms with Crippen LogP contribution >= 0.6 is 0 Å². The van der Waals surface area contributed by atoms with Gasteiger partial charge in [-0.3, -0.25) is 0 Å². The molecule has 2 saturated carbocycles. The van der Waals surface area contributed by atoms with Gasteiger partial charge in [0.1, 0.15) is 6.10 Å². The molecule has 0 aromatic heterocycles. The van der Waals surface area contributed by atoms with Crippen LogP contribution in [0.3, 0.4) is 0 Å². The molecule has 4 aliphatic rings. The van der Waals surface area contributed by atoms with E-state index >= 15 is 0 Å². The second kappa shape index (κ2) is 4.29. The Bertz CT molecular complexity index is 486. The standard InChI is InChI=1S/C19H32O3/c1-12-7-18(5)14(21-18)9-17(12,4)11-20-13-8-16(2,3)10-19(6)15(13)22-19/h12-15H,7-11H2,1-6H3. The van der Waals surface area contributed by atoms with Crippen LogP contribution in [-0.4, -0.2) is 36.1 Å². The molecule has 0 spiro atoms. The van der Waals surface area contributed by atoms with Gasteiger partial charge in [0, 0.05) is 0 Å². The maximum Gasteiger partial charge on any atom is 0.113 e. The number of fused-ring (bicyclic) bond motifs is 2. The van der Waals surface area contributed by atoms with Crippen molar-refractivity contribution in [2.24, 2.45) is 16.7 Å². The molecule has 4 rings (SSSR count). The SMILES string of the molecule is CC1CC2(C)OC2CC1(C)COC1CC(C)(C)CC2(C)OC12. The highest BCUT2D eigenvalue weighted by Gasteiger charge is 2.64. The van der Waals surface area contributed by atoms with Gasteiger partial charge in [0.15, 0.2) is 0 Å². The molecule has 126 valence electrons. The van der Waals surface area contributed by atoms with Crippen LogP contribution in [0.5, 0.6) is 0 Å². The van der Waals surface area contributed by atoms with Crippen molar-refractivity contribution in [2.75, 3.05) is 6.61 Å². The lowest BCUT2D eigenvalue weighted by Crippen LogP contribution is -2.44. The van der Waals surface area contributed by atoms with Crippen molar-refractivity contribution in [1.29, 1.82) is 0 Å². The van der Waals surface area contributed by atoms with Gasteiger partial charge in [-0.05, 0) is 56.3 Å². The van der Waals surface area contributed by atoms with E-state index in [0.29, 0.717) is 23.5 Å². The van der Waals surface area contributed by atoms with E-state index in [2.05, 4.69) is 41.5 Å². The Balaban J connectivity index is 1.40. The van der Waals surface area contributed by atoms with Gasteiger partial charge >= 0.3 is 0 Å². The molecule has 22 heavy (non-hydrogen) atoms.